The van der Waals surface area contributed by atoms with E-state index in [9.17, 15) is 14.4 Å². The van der Waals surface area contributed by atoms with Crippen molar-refractivity contribution < 1.29 is 19.5 Å². The van der Waals surface area contributed by atoms with Gasteiger partial charge in [0.2, 0.25) is 11.8 Å². The van der Waals surface area contributed by atoms with Gasteiger partial charge in [-0.05, 0) is 11.8 Å². The number of aliphatic carboxylic acids is 1. The maximum atomic E-state index is 12.1. The maximum absolute atomic E-state index is 12.1. The van der Waals surface area contributed by atoms with Crippen LogP contribution in [0.5, 0.6) is 0 Å². The van der Waals surface area contributed by atoms with Gasteiger partial charge in [0.1, 0.15) is 0 Å². The van der Waals surface area contributed by atoms with Gasteiger partial charge in [0.05, 0.1) is 13.0 Å². The zero-order chi connectivity index (χ0) is 15.1. The summed E-state index contributed by atoms with van der Waals surface area (Å²) in [5.74, 6) is -1.72. The van der Waals surface area contributed by atoms with E-state index in [0.29, 0.717) is 6.54 Å². The second-order valence-corrected chi connectivity index (χ2v) is 5.55. The Kier molecular flexibility index (Phi) is 7.11. The lowest BCUT2D eigenvalue weighted by Crippen LogP contribution is -2.41. The predicted molar refractivity (Wildman–Crippen MR) is 71.3 cm³/mol. The average Bonchev–Trinajstić information content (AvgIpc) is 2.20. The molecule has 0 unspecified atom stereocenters. The number of carboxylic acid groups (broad SMARTS) is 1. The van der Waals surface area contributed by atoms with Crippen LogP contribution in [-0.2, 0) is 14.4 Å². The summed E-state index contributed by atoms with van der Waals surface area (Å²) in [6, 6.07) is 0. The summed E-state index contributed by atoms with van der Waals surface area (Å²) in [6.07, 6.45) is 1.70. The molecule has 0 spiro atoms. The SMILES string of the molecule is CCCCN(CC(N)=O)C(=O)CC(C)(C)CC(=O)O. The van der Waals surface area contributed by atoms with E-state index in [1.54, 1.807) is 13.8 Å². The molecule has 0 aliphatic carbocycles. The number of carbonyl (C=O) groups is 3. The molecular formula is C13H24N2O4. The van der Waals surface area contributed by atoms with E-state index in [1.807, 2.05) is 6.92 Å². The molecule has 0 fully saturated rings. The first kappa shape index (κ1) is 17.4. The van der Waals surface area contributed by atoms with Crippen molar-refractivity contribution in [3.63, 3.8) is 0 Å². The highest BCUT2D eigenvalue weighted by Gasteiger charge is 2.28. The van der Waals surface area contributed by atoms with E-state index in [2.05, 4.69) is 0 Å². The van der Waals surface area contributed by atoms with Gasteiger partial charge in [-0.2, -0.15) is 0 Å². The molecule has 3 N–H and O–H groups in total. The van der Waals surface area contributed by atoms with E-state index in [1.165, 1.54) is 4.90 Å². The lowest BCUT2D eigenvalue weighted by atomic mass is 9.85. The van der Waals surface area contributed by atoms with Crippen LogP contribution in [0.25, 0.3) is 0 Å². The molecule has 0 heterocycles. The summed E-state index contributed by atoms with van der Waals surface area (Å²) in [7, 11) is 0. The van der Waals surface area contributed by atoms with Crippen LogP contribution in [0, 0.1) is 5.41 Å². The summed E-state index contributed by atoms with van der Waals surface area (Å²) < 4.78 is 0. The minimum Gasteiger partial charge on any atom is -0.481 e. The zero-order valence-electron chi connectivity index (χ0n) is 11.9. The molecule has 6 nitrogen and oxygen atoms in total. The Bertz CT molecular complexity index is 340. The second-order valence-electron chi connectivity index (χ2n) is 5.55. The number of primary amides is 1. The Morgan fingerprint density at radius 1 is 1.21 bits per heavy atom. The van der Waals surface area contributed by atoms with Gasteiger partial charge in [-0.3, -0.25) is 14.4 Å². The summed E-state index contributed by atoms with van der Waals surface area (Å²) in [5, 5.41) is 8.79. The van der Waals surface area contributed by atoms with E-state index in [4.69, 9.17) is 10.8 Å². The monoisotopic (exact) mass is 272 g/mol. The highest BCUT2D eigenvalue weighted by atomic mass is 16.4. The zero-order valence-corrected chi connectivity index (χ0v) is 11.9. The number of amides is 2. The number of carboxylic acids is 1. The van der Waals surface area contributed by atoms with Gasteiger partial charge in [-0.1, -0.05) is 27.2 Å². The molecule has 0 aromatic heterocycles. The van der Waals surface area contributed by atoms with E-state index < -0.39 is 17.3 Å². The first-order chi connectivity index (χ1) is 8.68. The summed E-state index contributed by atoms with van der Waals surface area (Å²) in [5.41, 5.74) is 4.49. The highest BCUT2D eigenvalue weighted by molar-refractivity contribution is 5.84. The molecule has 0 bridgehead atoms. The summed E-state index contributed by atoms with van der Waals surface area (Å²) >= 11 is 0. The minimum atomic E-state index is -0.937. The fourth-order valence-corrected chi connectivity index (χ4v) is 1.82. The Morgan fingerprint density at radius 3 is 2.21 bits per heavy atom. The molecule has 0 aliphatic rings. The van der Waals surface area contributed by atoms with Crippen molar-refractivity contribution in [1.29, 1.82) is 0 Å². The van der Waals surface area contributed by atoms with Crippen LogP contribution in [0.3, 0.4) is 0 Å². The van der Waals surface area contributed by atoms with Gasteiger partial charge in [0, 0.05) is 13.0 Å². The number of carbonyl (C=O) groups excluding carboxylic acids is 2. The van der Waals surface area contributed by atoms with Crippen LogP contribution in [0.4, 0.5) is 0 Å². The number of nitrogens with zero attached hydrogens (tertiary/aromatic N) is 1. The van der Waals surface area contributed by atoms with Crippen molar-refractivity contribution in [1.82, 2.24) is 4.90 Å². The molecule has 2 amide bonds. The molecule has 0 aromatic rings. The number of nitrogens with two attached hydrogens (primary N) is 1. The smallest absolute Gasteiger partial charge is 0.303 e. The molecule has 0 aliphatic heterocycles. The first-order valence-electron chi connectivity index (χ1n) is 6.46. The van der Waals surface area contributed by atoms with E-state index >= 15 is 0 Å². The Morgan fingerprint density at radius 2 is 1.79 bits per heavy atom. The molecule has 0 saturated heterocycles. The first-order valence-corrected chi connectivity index (χ1v) is 6.46. The van der Waals surface area contributed by atoms with Gasteiger partial charge in [0.25, 0.3) is 0 Å². The third-order valence-corrected chi connectivity index (χ3v) is 2.74. The van der Waals surface area contributed by atoms with Crippen LogP contribution in [0.2, 0.25) is 0 Å². The second kappa shape index (κ2) is 7.76. The fraction of sp³-hybridized carbons (Fsp3) is 0.769. The van der Waals surface area contributed by atoms with Crippen LogP contribution in [-0.4, -0.2) is 40.9 Å². The molecule has 19 heavy (non-hydrogen) atoms. The van der Waals surface area contributed by atoms with Crippen LogP contribution in [0.1, 0.15) is 46.5 Å². The normalized spacial score (nSPS) is 11.1. The average molecular weight is 272 g/mol. The largest absolute Gasteiger partial charge is 0.481 e. The van der Waals surface area contributed by atoms with Gasteiger partial charge in [0.15, 0.2) is 0 Å². The van der Waals surface area contributed by atoms with Crippen molar-refractivity contribution in [2.24, 2.45) is 11.1 Å². The Hall–Kier alpha value is -1.59. The number of unbranched alkanes of at least 4 members (excludes halogenated alkanes) is 1. The van der Waals surface area contributed by atoms with Crippen LogP contribution < -0.4 is 5.73 Å². The molecule has 0 saturated carbocycles. The summed E-state index contributed by atoms with van der Waals surface area (Å²) in [6.45, 7) is 5.80. The molecule has 0 radical (unpaired) electrons. The van der Waals surface area contributed by atoms with Crippen molar-refractivity contribution in [3.05, 3.63) is 0 Å². The van der Waals surface area contributed by atoms with Crippen LogP contribution >= 0.6 is 0 Å². The number of rotatable bonds is 9. The van der Waals surface area contributed by atoms with Crippen molar-refractivity contribution >= 4 is 17.8 Å². The minimum absolute atomic E-state index is 0.0864. The number of hydrogen-bond acceptors (Lipinski definition) is 3. The van der Waals surface area contributed by atoms with Gasteiger partial charge in [-0.15, -0.1) is 0 Å². The third kappa shape index (κ3) is 8.18. The molecular weight excluding hydrogens is 248 g/mol. The lowest BCUT2D eigenvalue weighted by Gasteiger charge is -2.27. The molecule has 6 heteroatoms. The topological polar surface area (TPSA) is 101 Å². The summed E-state index contributed by atoms with van der Waals surface area (Å²) in [4.78, 5) is 35.2. The Balaban J connectivity index is 4.61. The van der Waals surface area contributed by atoms with Crippen molar-refractivity contribution in [2.75, 3.05) is 13.1 Å². The molecule has 110 valence electrons. The van der Waals surface area contributed by atoms with Gasteiger partial charge < -0.3 is 15.7 Å². The quantitative estimate of drug-likeness (QED) is 0.653. The molecule has 0 atom stereocenters. The predicted octanol–water partition coefficient (Wildman–Crippen LogP) is 0.991. The lowest BCUT2D eigenvalue weighted by molar-refractivity contribution is -0.141. The highest BCUT2D eigenvalue weighted by Crippen LogP contribution is 2.26. The van der Waals surface area contributed by atoms with Crippen molar-refractivity contribution in [2.45, 2.75) is 46.5 Å². The maximum Gasteiger partial charge on any atom is 0.303 e. The third-order valence-electron chi connectivity index (χ3n) is 2.74. The van der Waals surface area contributed by atoms with Crippen LogP contribution in [0.15, 0.2) is 0 Å². The fourth-order valence-electron chi connectivity index (χ4n) is 1.82. The molecule has 0 rings (SSSR count). The van der Waals surface area contributed by atoms with Gasteiger partial charge in [-0.25, -0.2) is 0 Å². The van der Waals surface area contributed by atoms with Crippen molar-refractivity contribution in [3.8, 4) is 0 Å². The van der Waals surface area contributed by atoms with E-state index in [0.717, 1.165) is 12.8 Å². The number of hydrogen-bond donors (Lipinski definition) is 2. The van der Waals surface area contributed by atoms with E-state index in [-0.39, 0.29) is 25.3 Å². The van der Waals surface area contributed by atoms with Gasteiger partial charge >= 0.3 is 5.97 Å². The molecule has 0 aromatic carbocycles. The Labute approximate surface area is 113 Å². The standard InChI is InChI=1S/C13H24N2O4/c1-4-5-6-15(9-10(14)16)11(17)7-13(2,3)8-12(18)19/h4-9H2,1-3H3,(H2,14,16)(H,18,19).